The number of likely N-dealkylation sites (N-methyl/N-ethyl adjacent to an activating group) is 1. The first-order chi connectivity index (χ1) is 13.1. The van der Waals surface area contributed by atoms with Gasteiger partial charge in [0, 0.05) is 29.9 Å². The van der Waals surface area contributed by atoms with Crippen molar-refractivity contribution < 1.29 is 4.79 Å². The maximum atomic E-state index is 12.4. The molecule has 0 spiro atoms. The number of hydrogen-bond acceptors (Lipinski definition) is 6. The van der Waals surface area contributed by atoms with Crippen LogP contribution in [0.4, 0.5) is 5.82 Å². The van der Waals surface area contributed by atoms with Crippen LogP contribution in [-0.4, -0.2) is 33.9 Å². The van der Waals surface area contributed by atoms with Gasteiger partial charge in [-0.05, 0) is 42.9 Å². The van der Waals surface area contributed by atoms with Gasteiger partial charge in [-0.3, -0.25) is 9.78 Å². The van der Waals surface area contributed by atoms with Gasteiger partial charge < -0.3 is 10.6 Å². The van der Waals surface area contributed by atoms with E-state index in [1.54, 1.807) is 30.8 Å². The minimum absolute atomic E-state index is 0.0356. The molecule has 0 fully saturated rings. The maximum absolute atomic E-state index is 12.4. The van der Waals surface area contributed by atoms with Gasteiger partial charge in [0.05, 0.1) is 5.39 Å². The average molecular weight is 382 g/mol. The van der Waals surface area contributed by atoms with Crippen molar-refractivity contribution in [2.75, 3.05) is 12.4 Å². The molecule has 3 heterocycles. The van der Waals surface area contributed by atoms with Crippen LogP contribution in [0.5, 0.6) is 0 Å². The Kier molecular flexibility index (Phi) is 4.78. The SMILES string of the molecule is CNC(=O)C(Nc1nc(-c2cccnc2)nc2sc3c(c12)CCC3)C(C)C. The summed E-state index contributed by atoms with van der Waals surface area (Å²) < 4.78 is 0. The highest BCUT2D eigenvalue weighted by Gasteiger charge is 2.27. The molecule has 0 aliphatic heterocycles. The second kappa shape index (κ2) is 7.23. The van der Waals surface area contributed by atoms with Gasteiger partial charge in [0.25, 0.3) is 0 Å². The van der Waals surface area contributed by atoms with E-state index >= 15 is 0 Å². The molecule has 0 saturated heterocycles. The summed E-state index contributed by atoms with van der Waals surface area (Å²) in [5, 5.41) is 7.25. The molecule has 1 aliphatic rings. The minimum atomic E-state index is -0.355. The summed E-state index contributed by atoms with van der Waals surface area (Å²) in [6.45, 7) is 4.07. The summed E-state index contributed by atoms with van der Waals surface area (Å²) in [5.41, 5.74) is 2.21. The van der Waals surface area contributed by atoms with E-state index in [2.05, 4.69) is 15.6 Å². The number of pyridine rings is 1. The molecule has 1 atom stereocenters. The first kappa shape index (κ1) is 17.9. The molecule has 0 radical (unpaired) electrons. The third-order valence-corrected chi connectivity index (χ3v) is 6.16. The molecule has 4 rings (SSSR count). The Hall–Kier alpha value is -2.54. The Balaban J connectivity index is 1.87. The van der Waals surface area contributed by atoms with E-state index in [4.69, 9.17) is 9.97 Å². The third-order valence-electron chi connectivity index (χ3n) is 4.97. The summed E-state index contributed by atoms with van der Waals surface area (Å²) in [5.74, 6) is 1.48. The topological polar surface area (TPSA) is 79.8 Å². The van der Waals surface area contributed by atoms with Crippen LogP contribution in [0.25, 0.3) is 21.6 Å². The quantitative estimate of drug-likeness (QED) is 0.708. The van der Waals surface area contributed by atoms with Crippen molar-refractivity contribution in [2.24, 2.45) is 5.92 Å². The van der Waals surface area contributed by atoms with Crippen molar-refractivity contribution in [1.82, 2.24) is 20.3 Å². The molecule has 0 aromatic carbocycles. The largest absolute Gasteiger partial charge is 0.358 e. The summed E-state index contributed by atoms with van der Waals surface area (Å²) in [6, 6.07) is 3.48. The van der Waals surface area contributed by atoms with Gasteiger partial charge in [0.15, 0.2) is 5.82 Å². The lowest BCUT2D eigenvalue weighted by molar-refractivity contribution is -0.122. The maximum Gasteiger partial charge on any atom is 0.242 e. The summed E-state index contributed by atoms with van der Waals surface area (Å²) in [6.07, 6.45) is 6.82. The highest BCUT2D eigenvalue weighted by molar-refractivity contribution is 7.19. The smallest absolute Gasteiger partial charge is 0.242 e. The number of carbonyl (C=O) groups is 1. The van der Waals surface area contributed by atoms with E-state index in [9.17, 15) is 4.79 Å². The zero-order chi connectivity index (χ0) is 19.0. The normalized spacial score (nSPS) is 14.4. The van der Waals surface area contributed by atoms with Gasteiger partial charge >= 0.3 is 0 Å². The fourth-order valence-corrected chi connectivity index (χ4v) is 4.82. The van der Waals surface area contributed by atoms with Crippen molar-refractivity contribution in [3.05, 3.63) is 35.0 Å². The van der Waals surface area contributed by atoms with E-state index in [1.807, 2.05) is 26.0 Å². The number of aromatic nitrogens is 3. The number of anilines is 1. The Bertz CT molecular complexity index is 983. The van der Waals surface area contributed by atoms with Crippen LogP contribution in [-0.2, 0) is 17.6 Å². The van der Waals surface area contributed by atoms with Gasteiger partial charge in [-0.2, -0.15) is 0 Å². The molecular formula is C20H23N5OS. The molecule has 1 unspecified atom stereocenters. The summed E-state index contributed by atoms with van der Waals surface area (Å²) >= 11 is 1.75. The molecule has 140 valence electrons. The van der Waals surface area contributed by atoms with Gasteiger partial charge in [-0.1, -0.05) is 13.8 Å². The molecular weight excluding hydrogens is 358 g/mol. The van der Waals surface area contributed by atoms with Crippen molar-refractivity contribution in [1.29, 1.82) is 0 Å². The van der Waals surface area contributed by atoms with Crippen molar-refractivity contribution in [3.63, 3.8) is 0 Å². The average Bonchev–Trinajstić information content (AvgIpc) is 3.26. The molecule has 3 aromatic heterocycles. The lowest BCUT2D eigenvalue weighted by Crippen LogP contribution is -2.41. The van der Waals surface area contributed by atoms with Crippen LogP contribution >= 0.6 is 11.3 Å². The standard InChI is InChI=1S/C20H23N5OS/c1-11(2)16(19(26)21-3)23-18-15-13-7-4-8-14(13)27-20(15)25-17(24-18)12-6-5-9-22-10-12/h5-6,9-11,16H,4,7-8H2,1-3H3,(H,21,26)(H,23,24,25). The molecule has 7 heteroatoms. The molecule has 0 bridgehead atoms. The number of amides is 1. The molecule has 3 aromatic rings. The summed E-state index contributed by atoms with van der Waals surface area (Å²) in [7, 11) is 1.66. The number of hydrogen-bond donors (Lipinski definition) is 2. The van der Waals surface area contributed by atoms with E-state index in [-0.39, 0.29) is 17.9 Å². The predicted octanol–water partition coefficient (Wildman–Crippen LogP) is 3.42. The van der Waals surface area contributed by atoms with Crippen LogP contribution < -0.4 is 10.6 Å². The van der Waals surface area contributed by atoms with Crippen LogP contribution in [0.15, 0.2) is 24.5 Å². The monoisotopic (exact) mass is 381 g/mol. The van der Waals surface area contributed by atoms with Crippen LogP contribution in [0.2, 0.25) is 0 Å². The van der Waals surface area contributed by atoms with Crippen LogP contribution in [0.1, 0.15) is 30.7 Å². The van der Waals surface area contributed by atoms with Gasteiger partial charge in [-0.25, -0.2) is 9.97 Å². The van der Waals surface area contributed by atoms with Crippen molar-refractivity contribution >= 4 is 33.3 Å². The molecule has 2 N–H and O–H groups in total. The molecule has 1 amide bonds. The Morgan fingerprint density at radius 3 is 2.81 bits per heavy atom. The molecule has 6 nitrogen and oxygen atoms in total. The lowest BCUT2D eigenvalue weighted by atomic mass is 10.0. The van der Waals surface area contributed by atoms with Gasteiger partial charge in [0.2, 0.25) is 5.91 Å². The lowest BCUT2D eigenvalue weighted by Gasteiger charge is -2.22. The first-order valence-corrected chi connectivity index (χ1v) is 10.1. The zero-order valence-electron chi connectivity index (χ0n) is 15.7. The van der Waals surface area contributed by atoms with E-state index in [0.29, 0.717) is 5.82 Å². The van der Waals surface area contributed by atoms with Gasteiger partial charge in [0.1, 0.15) is 16.7 Å². The number of thiophene rings is 1. The molecule has 1 aliphatic carbocycles. The molecule has 27 heavy (non-hydrogen) atoms. The number of carbonyl (C=O) groups excluding carboxylic acids is 1. The Morgan fingerprint density at radius 2 is 2.11 bits per heavy atom. The minimum Gasteiger partial charge on any atom is -0.358 e. The fourth-order valence-electron chi connectivity index (χ4n) is 3.56. The number of aryl methyl sites for hydroxylation is 2. The Morgan fingerprint density at radius 1 is 1.26 bits per heavy atom. The summed E-state index contributed by atoms with van der Waals surface area (Å²) in [4.78, 5) is 28.6. The fraction of sp³-hybridized carbons (Fsp3) is 0.400. The van der Waals surface area contributed by atoms with Crippen LogP contribution in [0, 0.1) is 5.92 Å². The zero-order valence-corrected chi connectivity index (χ0v) is 16.6. The predicted molar refractivity (Wildman–Crippen MR) is 109 cm³/mol. The van der Waals surface area contributed by atoms with E-state index < -0.39 is 0 Å². The van der Waals surface area contributed by atoms with E-state index in [1.165, 1.54) is 16.9 Å². The third kappa shape index (κ3) is 3.27. The Labute approximate surface area is 162 Å². The first-order valence-electron chi connectivity index (χ1n) is 9.29. The van der Waals surface area contributed by atoms with E-state index in [0.717, 1.165) is 34.4 Å². The second-order valence-electron chi connectivity index (χ2n) is 7.16. The molecule has 0 saturated carbocycles. The van der Waals surface area contributed by atoms with Crippen molar-refractivity contribution in [2.45, 2.75) is 39.2 Å². The number of nitrogens with zero attached hydrogens (tertiary/aromatic N) is 3. The van der Waals surface area contributed by atoms with Crippen LogP contribution in [0.3, 0.4) is 0 Å². The number of fused-ring (bicyclic) bond motifs is 3. The number of nitrogens with one attached hydrogen (secondary N) is 2. The number of rotatable bonds is 5. The van der Waals surface area contributed by atoms with Crippen molar-refractivity contribution in [3.8, 4) is 11.4 Å². The second-order valence-corrected chi connectivity index (χ2v) is 8.24. The highest BCUT2D eigenvalue weighted by Crippen LogP contribution is 2.40. The van der Waals surface area contributed by atoms with Gasteiger partial charge in [-0.15, -0.1) is 11.3 Å². The highest BCUT2D eigenvalue weighted by atomic mass is 32.1.